The molecule has 0 spiro atoms. The number of aromatic amines is 1. The number of hydrogen-bond acceptors (Lipinski definition) is 4. The van der Waals surface area contributed by atoms with Crippen LogP contribution in [0.4, 0.5) is 13.2 Å². The number of amides is 1. The Morgan fingerprint density at radius 3 is 2.52 bits per heavy atom. The molecule has 0 atom stereocenters. The van der Waals surface area contributed by atoms with E-state index in [9.17, 15) is 27.9 Å². The summed E-state index contributed by atoms with van der Waals surface area (Å²) < 4.78 is 44.3. The first-order valence-corrected chi connectivity index (χ1v) is 7.85. The lowest BCUT2D eigenvalue weighted by Gasteiger charge is -2.45. The zero-order valence-corrected chi connectivity index (χ0v) is 14.0. The SMILES string of the molecule is CC(C)(CNC(=O)c1c[nH]c(=O)cc1C(F)(F)F)C1(O)CCOCC1. The van der Waals surface area contributed by atoms with Crippen LogP contribution in [0.2, 0.25) is 0 Å². The van der Waals surface area contributed by atoms with Crippen molar-refractivity contribution in [3.8, 4) is 0 Å². The summed E-state index contributed by atoms with van der Waals surface area (Å²) in [6, 6.07) is 0.353. The fraction of sp³-hybridized carbons (Fsp3) is 0.625. The molecule has 1 fully saturated rings. The summed E-state index contributed by atoms with van der Waals surface area (Å²) >= 11 is 0. The third kappa shape index (κ3) is 4.21. The molecule has 0 aliphatic carbocycles. The summed E-state index contributed by atoms with van der Waals surface area (Å²) in [6.07, 6.45) is -3.32. The maximum Gasteiger partial charge on any atom is 0.417 e. The first kappa shape index (κ1) is 19.5. The van der Waals surface area contributed by atoms with Crippen LogP contribution in [0.5, 0.6) is 0 Å². The summed E-state index contributed by atoms with van der Waals surface area (Å²) in [7, 11) is 0. The van der Waals surface area contributed by atoms with Gasteiger partial charge in [0.15, 0.2) is 0 Å². The van der Waals surface area contributed by atoms with Crippen molar-refractivity contribution < 1.29 is 27.8 Å². The van der Waals surface area contributed by atoms with E-state index < -0.39 is 39.8 Å². The molecule has 140 valence electrons. The molecule has 1 aromatic heterocycles. The summed E-state index contributed by atoms with van der Waals surface area (Å²) in [5.74, 6) is -0.965. The predicted octanol–water partition coefficient (Wildman–Crippen LogP) is 1.69. The van der Waals surface area contributed by atoms with E-state index in [1.807, 2.05) is 0 Å². The van der Waals surface area contributed by atoms with Crippen molar-refractivity contribution in [2.75, 3.05) is 19.8 Å². The first-order chi connectivity index (χ1) is 11.5. The standard InChI is InChI=1S/C16H21F3N2O4/c1-14(2,15(24)3-5-25-6-4-15)9-21-13(23)10-8-20-12(22)7-11(10)16(17,18)19/h7-8,24H,3-6,9H2,1-2H3,(H,20,22)(H,21,23). The molecule has 2 heterocycles. The Morgan fingerprint density at radius 2 is 1.96 bits per heavy atom. The highest BCUT2D eigenvalue weighted by Gasteiger charge is 2.44. The highest BCUT2D eigenvalue weighted by molar-refractivity contribution is 5.95. The molecule has 25 heavy (non-hydrogen) atoms. The van der Waals surface area contributed by atoms with Gasteiger partial charge in [-0.2, -0.15) is 13.2 Å². The van der Waals surface area contributed by atoms with Crippen molar-refractivity contribution in [1.29, 1.82) is 0 Å². The van der Waals surface area contributed by atoms with Gasteiger partial charge in [-0.15, -0.1) is 0 Å². The van der Waals surface area contributed by atoms with E-state index in [2.05, 4.69) is 10.3 Å². The van der Waals surface area contributed by atoms with Gasteiger partial charge in [0, 0.05) is 50.3 Å². The minimum atomic E-state index is -4.82. The van der Waals surface area contributed by atoms with Crippen molar-refractivity contribution in [2.24, 2.45) is 5.41 Å². The van der Waals surface area contributed by atoms with Gasteiger partial charge in [0.25, 0.3) is 5.91 Å². The fourth-order valence-electron chi connectivity index (χ4n) is 2.84. The van der Waals surface area contributed by atoms with E-state index in [1.165, 1.54) is 0 Å². The lowest BCUT2D eigenvalue weighted by Crippen LogP contribution is -2.53. The largest absolute Gasteiger partial charge is 0.417 e. The molecule has 3 N–H and O–H groups in total. The van der Waals surface area contributed by atoms with Crippen molar-refractivity contribution in [3.63, 3.8) is 0 Å². The number of halogens is 3. The second-order valence-electron chi connectivity index (χ2n) is 6.83. The quantitative estimate of drug-likeness (QED) is 0.760. The van der Waals surface area contributed by atoms with E-state index >= 15 is 0 Å². The van der Waals surface area contributed by atoms with Crippen LogP contribution in [0.25, 0.3) is 0 Å². The van der Waals surface area contributed by atoms with Gasteiger partial charge in [0.05, 0.1) is 16.7 Å². The highest BCUT2D eigenvalue weighted by atomic mass is 19.4. The highest BCUT2D eigenvalue weighted by Crippen LogP contribution is 2.38. The number of nitrogens with one attached hydrogen (secondary N) is 2. The van der Waals surface area contributed by atoms with E-state index in [0.29, 0.717) is 32.1 Å². The van der Waals surface area contributed by atoms with Crippen LogP contribution in [0, 0.1) is 5.41 Å². The molecule has 2 rings (SSSR count). The van der Waals surface area contributed by atoms with E-state index in [-0.39, 0.29) is 6.54 Å². The monoisotopic (exact) mass is 362 g/mol. The predicted molar refractivity (Wildman–Crippen MR) is 83.2 cm³/mol. The number of carbonyl (C=O) groups excluding carboxylic acids is 1. The third-order valence-electron chi connectivity index (χ3n) is 4.75. The van der Waals surface area contributed by atoms with Gasteiger partial charge in [0.1, 0.15) is 0 Å². The zero-order valence-electron chi connectivity index (χ0n) is 14.0. The molecule has 1 amide bonds. The smallest absolute Gasteiger partial charge is 0.389 e. The second-order valence-corrected chi connectivity index (χ2v) is 6.83. The number of rotatable bonds is 4. The summed E-state index contributed by atoms with van der Waals surface area (Å²) in [6.45, 7) is 4.20. The first-order valence-electron chi connectivity index (χ1n) is 7.85. The number of H-pyrrole nitrogens is 1. The molecule has 0 saturated carbocycles. The summed E-state index contributed by atoms with van der Waals surface area (Å²) in [4.78, 5) is 25.4. The van der Waals surface area contributed by atoms with E-state index in [0.717, 1.165) is 6.20 Å². The Bertz CT molecular complexity index is 691. The summed E-state index contributed by atoms with van der Waals surface area (Å²) in [5.41, 5.74) is -4.76. The maximum atomic E-state index is 13.0. The van der Waals surface area contributed by atoms with Gasteiger partial charge >= 0.3 is 6.18 Å². The van der Waals surface area contributed by atoms with Crippen LogP contribution in [-0.2, 0) is 10.9 Å². The molecule has 1 aromatic rings. The molecular formula is C16H21F3N2O4. The van der Waals surface area contributed by atoms with Crippen molar-refractivity contribution in [3.05, 3.63) is 33.7 Å². The molecule has 1 aliphatic rings. The minimum Gasteiger partial charge on any atom is -0.389 e. The van der Waals surface area contributed by atoms with Gasteiger partial charge in [-0.05, 0) is 0 Å². The number of aromatic nitrogens is 1. The number of pyridine rings is 1. The van der Waals surface area contributed by atoms with Crippen LogP contribution < -0.4 is 10.9 Å². The number of hydrogen-bond donors (Lipinski definition) is 3. The van der Waals surface area contributed by atoms with E-state index in [1.54, 1.807) is 13.8 Å². The Hall–Kier alpha value is -1.87. The minimum absolute atomic E-state index is 0.0290. The van der Waals surface area contributed by atoms with Crippen molar-refractivity contribution in [1.82, 2.24) is 10.3 Å². The lowest BCUT2D eigenvalue weighted by atomic mass is 9.70. The number of carbonyl (C=O) groups is 1. The number of ether oxygens (including phenoxy) is 1. The Kier molecular flexibility index (Phi) is 5.29. The Balaban J connectivity index is 2.16. The average molecular weight is 362 g/mol. The number of alkyl halides is 3. The molecule has 0 radical (unpaired) electrons. The van der Waals surface area contributed by atoms with Crippen LogP contribution >= 0.6 is 0 Å². The zero-order chi connectivity index (χ0) is 18.9. The fourth-order valence-corrected chi connectivity index (χ4v) is 2.84. The second kappa shape index (κ2) is 6.80. The van der Waals surface area contributed by atoms with Crippen molar-refractivity contribution >= 4 is 5.91 Å². The van der Waals surface area contributed by atoms with Crippen LogP contribution in [-0.4, -0.2) is 41.4 Å². The van der Waals surface area contributed by atoms with Gasteiger partial charge in [-0.25, -0.2) is 0 Å². The molecule has 0 unspecified atom stereocenters. The van der Waals surface area contributed by atoms with Crippen LogP contribution in [0.3, 0.4) is 0 Å². The lowest BCUT2D eigenvalue weighted by molar-refractivity contribution is -0.138. The Labute approximate surface area is 142 Å². The van der Waals surface area contributed by atoms with E-state index in [4.69, 9.17) is 4.74 Å². The summed E-state index contributed by atoms with van der Waals surface area (Å²) in [5, 5.41) is 13.2. The molecule has 9 heteroatoms. The molecule has 1 aliphatic heterocycles. The normalized spacial score (nSPS) is 18.0. The molecule has 0 bridgehead atoms. The molecular weight excluding hydrogens is 341 g/mol. The number of aliphatic hydroxyl groups is 1. The van der Waals surface area contributed by atoms with Gasteiger partial charge in [-0.1, -0.05) is 13.8 Å². The Morgan fingerprint density at radius 1 is 1.36 bits per heavy atom. The molecule has 0 aromatic carbocycles. The topological polar surface area (TPSA) is 91.4 Å². The van der Waals surface area contributed by atoms with Crippen molar-refractivity contribution in [2.45, 2.75) is 38.5 Å². The average Bonchev–Trinajstić information content (AvgIpc) is 2.52. The van der Waals surface area contributed by atoms with Gasteiger partial charge < -0.3 is 20.1 Å². The molecule has 6 nitrogen and oxygen atoms in total. The van der Waals surface area contributed by atoms with Crippen LogP contribution in [0.1, 0.15) is 42.6 Å². The van der Waals surface area contributed by atoms with Gasteiger partial charge in [0.2, 0.25) is 5.56 Å². The third-order valence-corrected chi connectivity index (χ3v) is 4.75. The van der Waals surface area contributed by atoms with Gasteiger partial charge in [-0.3, -0.25) is 9.59 Å². The molecule has 1 saturated heterocycles. The maximum absolute atomic E-state index is 13.0. The van der Waals surface area contributed by atoms with Crippen LogP contribution in [0.15, 0.2) is 17.1 Å².